The standard InChI is InChI=1S/C13H7Cl2FN2/c14-8-1-3-11(15)10(7-8)13-12(16)4-2-9(18-13)5-6-17/h1-4,7H,5H2. The molecule has 0 spiro atoms. The van der Waals surface area contributed by atoms with Crippen LogP contribution in [-0.2, 0) is 6.42 Å². The maximum atomic E-state index is 13.8. The Hall–Kier alpha value is -1.63. The first-order chi connectivity index (χ1) is 8.61. The highest BCUT2D eigenvalue weighted by molar-refractivity contribution is 6.35. The molecule has 18 heavy (non-hydrogen) atoms. The zero-order valence-electron chi connectivity index (χ0n) is 9.12. The molecule has 0 saturated heterocycles. The minimum atomic E-state index is -0.499. The van der Waals surface area contributed by atoms with Gasteiger partial charge in [0.25, 0.3) is 0 Å². The van der Waals surface area contributed by atoms with E-state index in [-0.39, 0.29) is 12.1 Å². The van der Waals surface area contributed by atoms with Crippen LogP contribution in [0.3, 0.4) is 0 Å². The summed E-state index contributed by atoms with van der Waals surface area (Å²) in [5.74, 6) is -0.499. The Bertz CT molecular complexity index is 635. The van der Waals surface area contributed by atoms with Gasteiger partial charge in [-0.15, -0.1) is 0 Å². The number of hydrogen-bond donors (Lipinski definition) is 0. The van der Waals surface area contributed by atoms with E-state index in [0.29, 0.717) is 21.3 Å². The Labute approximate surface area is 114 Å². The monoisotopic (exact) mass is 280 g/mol. The Morgan fingerprint density at radius 3 is 2.72 bits per heavy atom. The second kappa shape index (κ2) is 5.34. The van der Waals surface area contributed by atoms with Crippen molar-refractivity contribution in [3.05, 3.63) is 51.9 Å². The molecule has 1 heterocycles. The Kier molecular flexibility index (Phi) is 3.81. The van der Waals surface area contributed by atoms with Gasteiger partial charge in [-0.3, -0.25) is 0 Å². The van der Waals surface area contributed by atoms with E-state index in [2.05, 4.69) is 4.98 Å². The van der Waals surface area contributed by atoms with Gasteiger partial charge in [0.1, 0.15) is 11.5 Å². The van der Waals surface area contributed by atoms with Crippen LogP contribution in [0.2, 0.25) is 10.0 Å². The second-order valence-corrected chi connectivity index (χ2v) is 4.44. The molecule has 0 fully saturated rings. The highest BCUT2D eigenvalue weighted by Gasteiger charge is 2.12. The molecule has 1 aromatic heterocycles. The van der Waals surface area contributed by atoms with E-state index >= 15 is 0 Å². The summed E-state index contributed by atoms with van der Waals surface area (Å²) in [6.45, 7) is 0. The molecule has 0 atom stereocenters. The van der Waals surface area contributed by atoms with Gasteiger partial charge < -0.3 is 0 Å². The summed E-state index contributed by atoms with van der Waals surface area (Å²) >= 11 is 11.9. The van der Waals surface area contributed by atoms with Crippen LogP contribution in [0.4, 0.5) is 4.39 Å². The van der Waals surface area contributed by atoms with Crippen LogP contribution in [0.15, 0.2) is 30.3 Å². The molecule has 0 N–H and O–H groups in total. The summed E-state index contributed by atoms with van der Waals surface area (Å²) in [6, 6.07) is 9.45. The van der Waals surface area contributed by atoms with E-state index in [9.17, 15) is 4.39 Å². The first kappa shape index (κ1) is 12.8. The summed E-state index contributed by atoms with van der Waals surface area (Å²) in [6.07, 6.45) is 0.117. The van der Waals surface area contributed by atoms with Gasteiger partial charge in [0.15, 0.2) is 0 Å². The average Bonchev–Trinajstić information content (AvgIpc) is 2.35. The molecule has 0 bridgehead atoms. The van der Waals surface area contributed by atoms with Crippen molar-refractivity contribution in [2.24, 2.45) is 0 Å². The Balaban J connectivity index is 2.59. The number of halogens is 3. The van der Waals surface area contributed by atoms with E-state index < -0.39 is 5.82 Å². The number of pyridine rings is 1. The van der Waals surface area contributed by atoms with E-state index in [1.807, 2.05) is 6.07 Å². The van der Waals surface area contributed by atoms with Gasteiger partial charge in [0, 0.05) is 10.6 Å². The molecule has 0 amide bonds. The minimum absolute atomic E-state index is 0.107. The zero-order chi connectivity index (χ0) is 13.1. The van der Waals surface area contributed by atoms with Crippen LogP contribution in [0.1, 0.15) is 5.69 Å². The topological polar surface area (TPSA) is 36.7 Å². The fourth-order valence-electron chi connectivity index (χ4n) is 1.53. The molecule has 5 heteroatoms. The van der Waals surface area contributed by atoms with E-state index in [4.69, 9.17) is 28.5 Å². The molecular weight excluding hydrogens is 274 g/mol. The molecule has 2 aromatic rings. The van der Waals surface area contributed by atoms with Crippen molar-refractivity contribution >= 4 is 23.2 Å². The summed E-state index contributed by atoms with van der Waals surface area (Å²) in [7, 11) is 0. The lowest BCUT2D eigenvalue weighted by molar-refractivity contribution is 0.624. The van der Waals surface area contributed by atoms with Crippen LogP contribution in [0.25, 0.3) is 11.3 Å². The summed E-state index contributed by atoms with van der Waals surface area (Å²) < 4.78 is 13.8. The lowest BCUT2D eigenvalue weighted by atomic mass is 10.1. The van der Waals surface area contributed by atoms with Crippen LogP contribution in [0, 0.1) is 17.1 Å². The molecule has 0 saturated carbocycles. The van der Waals surface area contributed by atoms with Gasteiger partial charge in [-0.2, -0.15) is 5.26 Å². The SMILES string of the molecule is N#CCc1ccc(F)c(-c2cc(Cl)ccc2Cl)n1. The number of aromatic nitrogens is 1. The zero-order valence-corrected chi connectivity index (χ0v) is 10.6. The van der Waals surface area contributed by atoms with Gasteiger partial charge in [0.2, 0.25) is 0 Å². The van der Waals surface area contributed by atoms with Crippen molar-refractivity contribution in [2.45, 2.75) is 6.42 Å². The fraction of sp³-hybridized carbons (Fsp3) is 0.0769. The van der Waals surface area contributed by atoms with E-state index in [0.717, 1.165) is 0 Å². The maximum Gasteiger partial charge on any atom is 0.149 e. The smallest absolute Gasteiger partial charge is 0.149 e. The molecule has 0 unspecified atom stereocenters. The summed E-state index contributed by atoms with van der Waals surface area (Å²) in [5, 5.41) is 9.42. The number of hydrogen-bond acceptors (Lipinski definition) is 2. The van der Waals surface area contributed by atoms with Crippen molar-refractivity contribution in [1.29, 1.82) is 5.26 Å². The maximum absolute atomic E-state index is 13.8. The lowest BCUT2D eigenvalue weighted by Gasteiger charge is -2.07. The molecule has 2 nitrogen and oxygen atoms in total. The van der Waals surface area contributed by atoms with E-state index in [1.54, 1.807) is 18.2 Å². The fourth-order valence-corrected chi connectivity index (χ4v) is 1.91. The second-order valence-electron chi connectivity index (χ2n) is 3.59. The molecule has 0 aliphatic heterocycles. The molecule has 2 rings (SSSR count). The Morgan fingerprint density at radius 1 is 1.22 bits per heavy atom. The van der Waals surface area contributed by atoms with Gasteiger partial charge in [-0.1, -0.05) is 23.2 Å². The predicted octanol–water partition coefficient (Wildman–Crippen LogP) is 4.26. The third-order valence-corrected chi connectivity index (χ3v) is 2.91. The molecular formula is C13H7Cl2FN2. The van der Waals surface area contributed by atoms with Crippen LogP contribution < -0.4 is 0 Å². The number of benzene rings is 1. The van der Waals surface area contributed by atoms with Crippen molar-refractivity contribution in [2.75, 3.05) is 0 Å². The van der Waals surface area contributed by atoms with E-state index in [1.165, 1.54) is 12.1 Å². The van der Waals surface area contributed by atoms with Crippen LogP contribution in [0.5, 0.6) is 0 Å². The van der Waals surface area contributed by atoms with Crippen molar-refractivity contribution in [3.8, 4) is 17.3 Å². The van der Waals surface area contributed by atoms with Gasteiger partial charge in [-0.25, -0.2) is 9.37 Å². The highest BCUT2D eigenvalue weighted by atomic mass is 35.5. The molecule has 0 aliphatic carbocycles. The largest absolute Gasteiger partial charge is 0.249 e. The molecule has 0 aliphatic rings. The van der Waals surface area contributed by atoms with Crippen molar-refractivity contribution in [1.82, 2.24) is 4.98 Å². The van der Waals surface area contributed by atoms with Crippen molar-refractivity contribution < 1.29 is 4.39 Å². The molecule has 1 aromatic carbocycles. The first-order valence-corrected chi connectivity index (χ1v) is 5.85. The minimum Gasteiger partial charge on any atom is -0.249 e. The third kappa shape index (κ3) is 2.61. The number of rotatable bonds is 2. The van der Waals surface area contributed by atoms with Crippen molar-refractivity contribution in [3.63, 3.8) is 0 Å². The van der Waals surface area contributed by atoms with Crippen LogP contribution >= 0.6 is 23.2 Å². The average molecular weight is 281 g/mol. The lowest BCUT2D eigenvalue weighted by Crippen LogP contribution is -1.95. The quantitative estimate of drug-likeness (QED) is 0.824. The van der Waals surface area contributed by atoms with Gasteiger partial charge >= 0.3 is 0 Å². The molecule has 90 valence electrons. The normalized spacial score (nSPS) is 10.1. The third-order valence-electron chi connectivity index (χ3n) is 2.35. The van der Waals surface area contributed by atoms with Crippen LogP contribution in [-0.4, -0.2) is 4.98 Å². The Morgan fingerprint density at radius 2 is 2.00 bits per heavy atom. The predicted molar refractivity (Wildman–Crippen MR) is 69.0 cm³/mol. The summed E-state index contributed by atoms with van der Waals surface area (Å²) in [5.41, 5.74) is 1.02. The van der Waals surface area contributed by atoms with Gasteiger partial charge in [-0.05, 0) is 30.3 Å². The molecule has 0 radical (unpaired) electrons. The van der Waals surface area contributed by atoms with Gasteiger partial charge in [0.05, 0.1) is 23.2 Å². The number of nitriles is 1. The summed E-state index contributed by atoms with van der Waals surface area (Å²) in [4.78, 5) is 4.09. The first-order valence-electron chi connectivity index (χ1n) is 5.09. The highest BCUT2D eigenvalue weighted by Crippen LogP contribution is 2.31. The number of nitrogens with zero attached hydrogens (tertiary/aromatic N) is 2.